The Balaban J connectivity index is 1.68. The van der Waals surface area contributed by atoms with E-state index in [2.05, 4.69) is 15.3 Å². The van der Waals surface area contributed by atoms with Crippen molar-refractivity contribution in [3.63, 3.8) is 0 Å². The highest BCUT2D eigenvalue weighted by molar-refractivity contribution is 5.78. The van der Waals surface area contributed by atoms with E-state index in [0.717, 1.165) is 0 Å². The Morgan fingerprint density at radius 3 is 2.91 bits per heavy atom. The monoisotopic (exact) mass is 313 g/mol. The minimum atomic E-state index is -0.725. The second kappa shape index (κ2) is 6.68. The van der Waals surface area contributed by atoms with E-state index in [-0.39, 0.29) is 5.43 Å². The van der Waals surface area contributed by atoms with Gasteiger partial charge in [0.15, 0.2) is 5.43 Å². The number of aliphatic hydroxyl groups excluding tert-OH is 1. The molecule has 0 saturated carbocycles. The summed E-state index contributed by atoms with van der Waals surface area (Å²) in [7, 11) is 0. The summed E-state index contributed by atoms with van der Waals surface area (Å²) in [5.74, 6) is -0.438. The quantitative estimate of drug-likeness (QED) is 0.672. The van der Waals surface area contributed by atoms with Gasteiger partial charge in [0, 0.05) is 41.9 Å². The van der Waals surface area contributed by atoms with Crippen LogP contribution in [0.3, 0.4) is 0 Å². The number of hydrogen-bond donors (Lipinski definition) is 3. The lowest BCUT2D eigenvalue weighted by molar-refractivity contribution is 0.169. The van der Waals surface area contributed by atoms with Crippen LogP contribution < -0.4 is 10.7 Å². The zero-order valence-corrected chi connectivity index (χ0v) is 12.3. The van der Waals surface area contributed by atoms with Gasteiger partial charge in [0.2, 0.25) is 0 Å². The maximum Gasteiger partial charge on any atom is 0.189 e. The van der Waals surface area contributed by atoms with Crippen LogP contribution in [-0.2, 0) is 6.54 Å². The Bertz CT molecular complexity index is 865. The Hall–Kier alpha value is -2.57. The molecule has 1 aromatic carbocycles. The van der Waals surface area contributed by atoms with Gasteiger partial charge in [0.25, 0.3) is 0 Å². The third-order valence-electron chi connectivity index (χ3n) is 3.53. The molecule has 0 saturated heterocycles. The number of aromatic amines is 1. The van der Waals surface area contributed by atoms with Gasteiger partial charge in [0.05, 0.1) is 5.69 Å². The fourth-order valence-electron chi connectivity index (χ4n) is 2.39. The molecule has 2 aromatic heterocycles. The number of aliphatic hydroxyl groups is 1. The third kappa shape index (κ3) is 3.61. The molecule has 0 bridgehead atoms. The van der Waals surface area contributed by atoms with Gasteiger partial charge in [-0.1, -0.05) is 6.07 Å². The van der Waals surface area contributed by atoms with E-state index in [4.69, 9.17) is 0 Å². The maximum atomic E-state index is 13.2. The molecule has 0 amide bonds. The Morgan fingerprint density at radius 2 is 2.13 bits per heavy atom. The molecule has 1 atom stereocenters. The second-order valence-corrected chi connectivity index (χ2v) is 5.25. The minimum Gasteiger partial charge on any atom is -0.385 e. The van der Waals surface area contributed by atoms with Crippen molar-refractivity contribution in [1.82, 2.24) is 15.3 Å². The van der Waals surface area contributed by atoms with Gasteiger partial charge < -0.3 is 15.4 Å². The van der Waals surface area contributed by atoms with Crippen LogP contribution in [-0.4, -0.2) is 21.6 Å². The molecule has 3 N–H and O–H groups in total. The summed E-state index contributed by atoms with van der Waals surface area (Å²) >= 11 is 0. The summed E-state index contributed by atoms with van der Waals surface area (Å²) in [6.45, 7) is 0.687. The normalized spacial score (nSPS) is 12.4. The number of hydrogen-bond acceptors (Lipinski definition) is 4. The summed E-state index contributed by atoms with van der Waals surface area (Å²) in [4.78, 5) is 19.2. The highest BCUT2D eigenvalue weighted by Crippen LogP contribution is 2.11. The highest BCUT2D eigenvalue weighted by Gasteiger charge is 2.08. The molecule has 0 fully saturated rings. The van der Waals surface area contributed by atoms with E-state index in [1.807, 2.05) is 6.07 Å². The van der Waals surface area contributed by atoms with Crippen LogP contribution in [0, 0.1) is 5.82 Å². The molecular weight excluding hydrogens is 297 g/mol. The van der Waals surface area contributed by atoms with E-state index >= 15 is 0 Å². The van der Waals surface area contributed by atoms with E-state index < -0.39 is 11.9 Å². The van der Waals surface area contributed by atoms with Crippen LogP contribution in [0.15, 0.2) is 53.5 Å². The standard InChI is InChI=1S/C17H16FN3O2/c18-11-4-5-14-13(7-11)16(22)8-12(21-14)9-19-10-17(23)15-3-1-2-6-20-15/h1-8,17,19,23H,9-10H2,(H,21,22). The number of nitrogens with one attached hydrogen (secondary N) is 2. The number of nitrogens with zero attached hydrogens (tertiary/aromatic N) is 1. The van der Waals surface area contributed by atoms with Crippen molar-refractivity contribution in [3.8, 4) is 0 Å². The van der Waals surface area contributed by atoms with Gasteiger partial charge >= 0.3 is 0 Å². The van der Waals surface area contributed by atoms with Crippen molar-refractivity contribution in [3.05, 3.63) is 76.1 Å². The molecule has 0 aliphatic carbocycles. The lowest BCUT2D eigenvalue weighted by Gasteiger charge is -2.11. The highest BCUT2D eigenvalue weighted by atomic mass is 19.1. The van der Waals surface area contributed by atoms with Crippen molar-refractivity contribution in [2.45, 2.75) is 12.6 Å². The molecule has 3 rings (SSSR count). The number of aromatic nitrogens is 2. The Labute approximate surface area is 131 Å². The first-order valence-corrected chi connectivity index (χ1v) is 7.24. The first kappa shape index (κ1) is 15.3. The lowest BCUT2D eigenvalue weighted by atomic mass is 10.2. The average Bonchev–Trinajstić information content (AvgIpc) is 2.56. The van der Waals surface area contributed by atoms with Gasteiger partial charge in [-0.15, -0.1) is 0 Å². The summed E-state index contributed by atoms with van der Waals surface area (Å²) in [5.41, 5.74) is 1.60. The van der Waals surface area contributed by atoms with Crippen molar-refractivity contribution in [2.75, 3.05) is 6.54 Å². The van der Waals surface area contributed by atoms with Crippen LogP contribution in [0.4, 0.5) is 4.39 Å². The number of fused-ring (bicyclic) bond motifs is 1. The smallest absolute Gasteiger partial charge is 0.189 e. The van der Waals surface area contributed by atoms with E-state index in [1.54, 1.807) is 18.3 Å². The Kier molecular flexibility index (Phi) is 4.45. The minimum absolute atomic E-state index is 0.236. The second-order valence-electron chi connectivity index (χ2n) is 5.25. The molecule has 0 radical (unpaired) electrons. The predicted molar refractivity (Wildman–Crippen MR) is 85.4 cm³/mol. The molecule has 118 valence electrons. The van der Waals surface area contributed by atoms with E-state index in [1.165, 1.54) is 24.3 Å². The maximum absolute atomic E-state index is 13.2. The van der Waals surface area contributed by atoms with Crippen molar-refractivity contribution < 1.29 is 9.50 Å². The first-order chi connectivity index (χ1) is 11.1. The SMILES string of the molecule is O=c1cc(CNCC(O)c2ccccn2)[nH]c2ccc(F)cc12. The van der Waals surface area contributed by atoms with Crippen molar-refractivity contribution in [1.29, 1.82) is 0 Å². The molecule has 23 heavy (non-hydrogen) atoms. The van der Waals surface area contributed by atoms with Crippen LogP contribution in [0.1, 0.15) is 17.5 Å². The molecule has 5 nitrogen and oxygen atoms in total. The first-order valence-electron chi connectivity index (χ1n) is 7.24. The molecule has 2 heterocycles. The van der Waals surface area contributed by atoms with Crippen molar-refractivity contribution in [2.24, 2.45) is 0 Å². The van der Waals surface area contributed by atoms with Gasteiger partial charge in [0.1, 0.15) is 11.9 Å². The van der Waals surface area contributed by atoms with Gasteiger partial charge in [-0.25, -0.2) is 4.39 Å². The fraction of sp³-hybridized carbons (Fsp3) is 0.176. The molecule has 3 aromatic rings. The number of H-pyrrole nitrogens is 1. The summed E-state index contributed by atoms with van der Waals surface area (Å²) < 4.78 is 13.2. The average molecular weight is 313 g/mol. The summed E-state index contributed by atoms with van der Waals surface area (Å²) in [6.07, 6.45) is 0.899. The molecule has 0 aliphatic rings. The number of rotatable bonds is 5. The van der Waals surface area contributed by atoms with Gasteiger partial charge in [-0.05, 0) is 30.3 Å². The van der Waals surface area contributed by atoms with E-state index in [9.17, 15) is 14.3 Å². The van der Waals surface area contributed by atoms with Crippen LogP contribution in [0.25, 0.3) is 10.9 Å². The fourth-order valence-corrected chi connectivity index (χ4v) is 2.39. The molecule has 0 aliphatic heterocycles. The summed E-state index contributed by atoms with van der Waals surface area (Å²) in [5, 5.41) is 13.4. The largest absolute Gasteiger partial charge is 0.385 e. The van der Waals surface area contributed by atoms with E-state index in [0.29, 0.717) is 35.4 Å². The third-order valence-corrected chi connectivity index (χ3v) is 3.53. The van der Waals surface area contributed by atoms with Gasteiger partial charge in [-0.2, -0.15) is 0 Å². The van der Waals surface area contributed by atoms with Crippen molar-refractivity contribution >= 4 is 10.9 Å². The molecule has 0 spiro atoms. The topological polar surface area (TPSA) is 78.0 Å². The summed E-state index contributed by atoms with van der Waals surface area (Å²) in [6, 6.07) is 10.8. The molecule has 1 unspecified atom stereocenters. The lowest BCUT2D eigenvalue weighted by Crippen LogP contribution is -2.23. The number of benzene rings is 1. The van der Waals surface area contributed by atoms with Crippen LogP contribution >= 0.6 is 0 Å². The predicted octanol–water partition coefficient (Wildman–Crippen LogP) is 1.89. The van der Waals surface area contributed by atoms with Gasteiger partial charge in [-0.3, -0.25) is 9.78 Å². The number of halogens is 1. The van der Waals surface area contributed by atoms with Crippen LogP contribution in [0.5, 0.6) is 0 Å². The number of pyridine rings is 2. The van der Waals surface area contributed by atoms with Crippen LogP contribution in [0.2, 0.25) is 0 Å². The zero-order chi connectivity index (χ0) is 16.2. The molecular formula is C17H16FN3O2. The molecule has 6 heteroatoms. The zero-order valence-electron chi connectivity index (χ0n) is 12.3. The Morgan fingerprint density at radius 1 is 1.26 bits per heavy atom.